The Balaban J connectivity index is 1.64. The number of thiocarbonyl (C=S) groups is 1. The molecule has 1 amide bonds. The Kier molecular flexibility index (Phi) is 7.04. The van der Waals surface area contributed by atoms with Gasteiger partial charge in [0.1, 0.15) is 11.5 Å². The van der Waals surface area contributed by atoms with Crippen molar-refractivity contribution in [1.82, 2.24) is 10.3 Å². The van der Waals surface area contributed by atoms with E-state index in [1.807, 2.05) is 48.5 Å². The topological polar surface area (TPSA) is 83.5 Å². The predicted molar refractivity (Wildman–Crippen MR) is 139 cm³/mol. The lowest BCUT2D eigenvalue weighted by molar-refractivity contribution is 0.0979. The van der Waals surface area contributed by atoms with Crippen LogP contribution in [0.25, 0.3) is 22.2 Å². The van der Waals surface area contributed by atoms with E-state index in [1.165, 1.54) is 6.07 Å². The number of para-hydroxylation sites is 3. The summed E-state index contributed by atoms with van der Waals surface area (Å²) in [5.41, 5.74) is 3.04. The summed E-state index contributed by atoms with van der Waals surface area (Å²) in [4.78, 5) is 18.0. The molecule has 34 heavy (non-hydrogen) atoms. The van der Waals surface area contributed by atoms with Gasteiger partial charge in [0.25, 0.3) is 5.91 Å². The van der Waals surface area contributed by atoms with Crippen LogP contribution >= 0.6 is 12.2 Å². The van der Waals surface area contributed by atoms with Gasteiger partial charge in [0.05, 0.1) is 29.1 Å². The highest BCUT2D eigenvalue weighted by atomic mass is 32.1. The third-order valence-corrected chi connectivity index (χ3v) is 5.26. The summed E-state index contributed by atoms with van der Waals surface area (Å²) in [7, 11) is 0. The summed E-state index contributed by atoms with van der Waals surface area (Å²) in [6.07, 6.45) is 0. The SMILES string of the molecule is CC(C)COc1cccc(-c2cc(C(=O)NC(=S)Nc3ccccc3O)c3ccccc3n2)c1. The van der Waals surface area contributed by atoms with Gasteiger partial charge in [-0.05, 0) is 54.5 Å². The molecule has 4 rings (SSSR count). The van der Waals surface area contributed by atoms with Crippen LogP contribution in [0.3, 0.4) is 0 Å². The van der Waals surface area contributed by atoms with Gasteiger partial charge in [0.15, 0.2) is 5.11 Å². The molecule has 6 nitrogen and oxygen atoms in total. The molecule has 0 fully saturated rings. The number of ether oxygens (including phenoxy) is 1. The van der Waals surface area contributed by atoms with Crippen LogP contribution in [0.15, 0.2) is 78.9 Å². The number of phenols is 1. The van der Waals surface area contributed by atoms with Gasteiger partial charge in [-0.3, -0.25) is 10.1 Å². The number of pyridine rings is 1. The maximum absolute atomic E-state index is 13.2. The van der Waals surface area contributed by atoms with Crippen molar-refractivity contribution in [2.45, 2.75) is 13.8 Å². The van der Waals surface area contributed by atoms with Gasteiger partial charge < -0.3 is 15.2 Å². The van der Waals surface area contributed by atoms with Crippen LogP contribution in [-0.2, 0) is 0 Å². The number of fused-ring (bicyclic) bond motifs is 1. The van der Waals surface area contributed by atoms with Crippen LogP contribution in [0.2, 0.25) is 0 Å². The third kappa shape index (κ3) is 5.50. The van der Waals surface area contributed by atoms with Gasteiger partial charge in [-0.15, -0.1) is 0 Å². The van der Waals surface area contributed by atoms with Crippen molar-refractivity contribution in [3.63, 3.8) is 0 Å². The van der Waals surface area contributed by atoms with Crippen LogP contribution < -0.4 is 15.4 Å². The van der Waals surface area contributed by atoms with Crippen molar-refractivity contribution in [2.24, 2.45) is 5.92 Å². The molecule has 3 aromatic carbocycles. The fraction of sp³-hybridized carbons (Fsp3) is 0.148. The highest BCUT2D eigenvalue weighted by molar-refractivity contribution is 7.80. The number of hydrogen-bond acceptors (Lipinski definition) is 5. The van der Waals surface area contributed by atoms with Gasteiger partial charge >= 0.3 is 0 Å². The Hall–Kier alpha value is -3.97. The van der Waals surface area contributed by atoms with E-state index >= 15 is 0 Å². The fourth-order valence-electron chi connectivity index (χ4n) is 3.42. The average Bonchev–Trinajstić information content (AvgIpc) is 2.83. The highest BCUT2D eigenvalue weighted by Gasteiger charge is 2.16. The lowest BCUT2D eigenvalue weighted by Gasteiger charge is -2.14. The van der Waals surface area contributed by atoms with Crippen molar-refractivity contribution in [3.05, 3.63) is 84.4 Å². The second-order valence-electron chi connectivity index (χ2n) is 8.23. The molecule has 0 aliphatic heterocycles. The number of carbonyl (C=O) groups is 1. The molecule has 7 heteroatoms. The number of aromatic hydroxyl groups is 1. The largest absolute Gasteiger partial charge is 0.506 e. The first kappa shape index (κ1) is 23.2. The van der Waals surface area contributed by atoms with E-state index in [0.717, 1.165) is 11.3 Å². The lowest BCUT2D eigenvalue weighted by atomic mass is 10.0. The molecule has 1 heterocycles. The van der Waals surface area contributed by atoms with Gasteiger partial charge in [-0.25, -0.2) is 4.98 Å². The Morgan fingerprint density at radius 1 is 1.03 bits per heavy atom. The Morgan fingerprint density at radius 3 is 2.59 bits per heavy atom. The Morgan fingerprint density at radius 2 is 1.79 bits per heavy atom. The monoisotopic (exact) mass is 471 g/mol. The van der Waals surface area contributed by atoms with E-state index in [4.69, 9.17) is 21.9 Å². The van der Waals surface area contributed by atoms with Crippen LogP contribution in [0.4, 0.5) is 5.69 Å². The van der Waals surface area contributed by atoms with Crippen LogP contribution in [0.5, 0.6) is 11.5 Å². The standard InChI is InChI=1S/C27H25N3O3S/c1-17(2)16-33-19-9-7-8-18(14-19)24-15-21(20-10-3-4-11-22(20)28-24)26(32)30-27(34)29-23-12-5-6-13-25(23)31/h3-15,17,31H,16H2,1-2H3,(H2,29,30,32,34). The number of nitrogens with zero attached hydrogens (tertiary/aromatic N) is 1. The molecular formula is C27H25N3O3S. The number of rotatable bonds is 6. The van der Waals surface area contributed by atoms with Crippen molar-refractivity contribution in [1.29, 1.82) is 0 Å². The minimum absolute atomic E-state index is 0.0373. The molecule has 0 atom stereocenters. The van der Waals surface area contributed by atoms with Crippen molar-refractivity contribution in [3.8, 4) is 22.8 Å². The molecular weight excluding hydrogens is 446 g/mol. The zero-order valence-electron chi connectivity index (χ0n) is 18.9. The number of benzene rings is 3. The normalized spacial score (nSPS) is 10.8. The minimum Gasteiger partial charge on any atom is -0.506 e. The zero-order chi connectivity index (χ0) is 24.1. The van der Waals surface area contributed by atoms with Crippen LogP contribution in [-0.4, -0.2) is 27.7 Å². The number of nitrogens with one attached hydrogen (secondary N) is 2. The van der Waals surface area contributed by atoms with E-state index in [1.54, 1.807) is 24.3 Å². The Labute approximate surface area is 203 Å². The van der Waals surface area contributed by atoms with Gasteiger partial charge in [-0.2, -0.15) is 0 Å². The number of amides is 1. The molecule has 0 aliphatic rings. The smallest absolute Gasteiger partial charge is 0.258 e. The molecule has 172 valence electrons. The second kappa shape index (κ2) is 10.3. The molecule has 0 unspecified atom stereocenters. The van der Waals surface area contributed by atoms with Crippen LogP contribution in [0.1, 0.15) is 24.2 Å². The molecule has 1 aromatic heterocycles. The lowest BCUT2D eigenvalue weighted by Crippen LogP contribution is -2.34. The molecule has 0 bridgehead atoms. The summed E-state index contributed by atoms with van der Waals surface area (Å²) >= 11 is 5.30. The quantitative estimate of drug-likeness (QED) is 0.245. The molecule has 0 saturated heterocycles. The van der Waals surface area contributed by atoms with Crippen molar-refractivity contribution in [2.75, 3.05) is 11.9 Å². The average molecular weight is 472 g/mol. The van der Waals surface area contributed by atoms with E-state index in [9.17, 15) is 9.90 Å². The summed E-state index contributed by atoms with van der Waals surface area (Å²) in [6.45, 7) is 4.81. The Bertz CT molecular complexity index is 1350. The molecule has 0 radical (unpaired) electrons. The molecule has 0 aliphatic carbocycles. The first-order valence-electron chi connectivity index (χ1n) is 10.9. The van der Waals surface area contributed by atoms with E-state index < -0.39 is 0 Å². The van der Waals surface area contributed by atoms with Gasteiger partial charge in [0.2, 0.25) is 0 Å². The molecule has 0 spiro atoms. The third-order valence-electron chi connectivity index (χ3n) is 5.05. The summed E-state index contributed by atoms with van der Waals surface area (Å²) in [6, 6.07) is 23.6. The van der Waals surface area contributed by atoms with Crippen molar-refractivity contribution < 1.29 is 14.6 Å². The first-order valence-corrected chi connectivity index (χ1v) is 11.3. The summed E-state index contributed by atoms with van der Waals surface area (Å²) in [5.74, 6) is 0.823. The number of hydrogen-bond donors (Lipinski definition) is 3. The van der Waals surface area contributed by atoms with Crippen LogP contribution in [0, 0.1) is 5.92 Å². The first-order chi connectivity index (χ1) is 16.4. The highest BCUT2D eigenvalue weighted by Crippen LogP contribution is 2.28. The van der Waals surface area contributed by atoms with Gasteiger partial charge in [0, 0.05) is 10.9 Å². The number of aromatic nitrogens is 1. The van der Waals surface area contributed by atoms with E-state index in [2.05, 4.69) is 24.5 Å². The predicted octanol–water partition coefficient (Wildman–Crippen LogP) is 5.77. The van der Waals surface area contributed by atoms with Crippen molar-refractivity contribution >= 4 is 39.8 Å². The minimum atomic E-state index is -0.375. The molecule has 4 aromatic rings. The van der Waals surface area contributed by atoms with Gasteiger partial charge in [-0.1, -0.05) is 56.3 Å². The zero-order valence-corrected chi connectivity index (χ0v) is 19.7. The number of phenolic OH excluding ortho intramolecular Hbond substituents is 1. The summed E-state index contributed by atoms with van der Waals surface area (Å²) < 4.78 is 5.86. The summed E-state index contributed by atoms with van der Waals surface area (Å²) in [5, 5.41) is 16.3. The fourth-order valence-corrected chi connectivity index (χ4v) is 3.63. The van der Waals surface area contributed by atoms with E-state index in [0.29, 0.717) is 40.4 Å². The van der Waals surface area contributed by atoms with E-state index in [-0.39, 0.29) is 16.8 Å². The number of anilines is 1. The maximum atomic E-state index is 13.2. The molecule has 3 N–H and O–H groups in total. The molecule has 0 saturated carbocycles. The second-order valence-corrected chi connectivity index (χ2v) is 8.64. The number of carbonyl (C=O) groups excluding carboxylic acids is 1. The maximum Gasteiger partial charge on any atom is 0.258 e.